The maximum atomic E-state index is 13.1. The minimum atomic E-state index is -0.530. The molecule has 164 valence electrons. The van der Waals surface area contributed by atoms with Crippen molar-refractivity contribution in [2.24, 2.45) is 4.99 Å². The smallest absolute Gasteiger partial charge is 0.242 e. The number of hydrogen-bond donors (Lipinski definition) is 1. The highest BCUT2D eigenvalue weighted by atomic mass is 32.2. The lowest BCUT2D eigenvalue weighted by atomic mass is 10.1. The SMILES string of the molecule is CNC(=O)CC1SC(=Nc2ccc(OC)cc2)N(Cc2ccc(OC)c(OC)c2)C1=O. The van der Waals surface area contributed by atoms with Crippen LogP contribution in [0.2, 0.25) is 0 Å². The van der Waals surface area contributed by atoms with Gasteiger partial charge in [-0.25, -0.2) is 4.99 Å². The molecular weight excluding hydrogens is 418 g/mol. The van der Waals surface area contributed by atoms with Crippen molar-refractivity contribution < 1.29 is 23.8 Å². The molecule has 1 aliphatic rings. The van der Waals surface area contributed by atoms with Crippen LogP contribution in [0.1, 0.15) is 12.0 Å². The molecule has 0 saturated carbocycles. The van der Waals surface area contributed by atoms with E-state index in [1.54, 1.807) is 39.3 Å². The number of amides is 2. The number of carbonyl (C=O) groups is 2. The van der Waals surface area contributed by atoms with Crippen molar-refractivity contribution in [3.05, 3.63) is 48.0 Å². The summed E-state index contributed by atoms with van der Waals surface area (Å²) in [5, 5.41) is 2.58. The van der Waals surface area contributed by atoms with Crippen LogP contribution in [0, 0.1) is 0 Å². The Kier molecular flexibility index (Phi) is 7.41. The van der Waals surface area contributed by atoms with Crippen molar-refractivity contribution in [2.75, 3.05) is 28.4 Å². The molecule has 31 heavy (non-hydrogen) atoms. The summed E-state index contributed by atoms with van der Waals surface area (Å²) in [6, 6.07) is 12.7. The van der Waals surface area contributed by atoms with Gasteiger partial charge in [0.1, 0.15) is 11.0 Å². The van der Waals surface area contributed by atoms with Gasteiger partial charge in [0.05, 0.1) is 33.6 Å². The van der Waals surface area contributed by atoms with Gasteiger partial charge in [-0.2, -0.15) is 0 Å². The Bertz CT molecular complexity index is 978. The number of methoxy groups -OCH3 is 3. The molecule has 1 aliphatic heterocycles. The zero-order valence-electron chi connectivity index (χ0n) is 17.9. The minimum absolute atomic E-state index is 0.0874. The molecule has 2 aromatic carbocycles. The van der Waals surface area contributed by atoms with Crippen LogP contribution >= 0.6 is 11.8 Å². The standard InChI is InChI=1S/C22H25N3O5S/c1-23-20(26)12-19-21(27)25(13-14-5-10-17(29-3)18(11-14)30-4)22(31-19)24-15-6-8-16(28-2)9-7-15/h5-11,19H,12-13H2,1-4H3,(H,23,26). The predicted molar refractivity (Wildman–Crippen MR) is 120 cm³/mol. The van der Waals surface area contributed by atoms with E-state index in [1.165, 1.54) is 11.8 Å². The maximum Gasteiger partial charge on any atom is 0.242 e. The molecule has 0 radical (unpaired) electrons. The monoisotopic (exact) mass is 443 g/mol. The molecule has 8 nitrogen and oxygen atoms in total. The van der Waals surface area contributed by atoms with Crippen LogP contribution in [-0.2, 0) is 16.1 Å². The summed E-state index contributed by atoms with van der Waals surface area (Å²) in [7, 11) is 6.29. The fourth-order valence-electron chi connectivity index (χ4n) is 3.07. The van der Waals surface area contributed by atoms with Crippen molar-refractivity contribution in [1.82, 2.24) is 10.2 Å². The third-order valence-corrected chi connectivity index (χ3v) is 5.93. The Morgan fingerprint density at radius 1 is 1.06 bits per heavy atom. The van der Waals surface area contributed by atoms with Crippen LogP contribution in [0.3, 0.4) is 0 Å². The Morgan fingerprint density at radius 2 is 1.77 bits per heavy atom. The Morgan fingerprint density at radius 3 is 2.39 bits per heavy atom. The number of benzene rings is 2. The second kappa shape index (κ2) is 10.2. The van der Waals surface area contributed by atoms with Gasteiger partial charge in [0.25, 0.3) is 0 Å². The molecule has 0 spiro atoms. The van der Waals surface area contributed by atoms with E-state index in [0.29, 0.717) is 28.9 Å². The Balaban J connectivity index is 1.91. The first-order valence-electron chi connectivity index (χ1n) is 9.61. The average molecular weight is 444 g/mol. The largest absolute Gasteiger partial charge is 0.497 e. The zero-order valence-corrected chi connectivity index (χ0v) is 18.7. The molecule has 2 aromatic rings. The van der Waals surface area contributed by atoms with E-state index in [2.05, 4.69) is 10.3 Å². The normalized spacial score (nSPS) is 17.0. The van der Waals surface area contributed by atoms with Gasteiger partial charge in [0, 0.05) is 13.5 Å². The Hall–Kier alpha value is -3.20. The van der Waals surface area contributed by atoms with Gasteiger partial charge in [0.2, 0.25) is 11.8 Å². The lowest BCUT2D eigenvalue weighted by Crippen LogP contribution is -2.33. The number of thioether (sulfide) groups is 1. The third-order valence-electron chi connectivity index (χ3n) is 4.76. The number of amidine groups is 1. The summed E-state index contributed by atoms with van der Waals surface area (Å²) in [5.41, 5.74) is 1.55. The molecule has 1 N–H and O–H groups in total. The third kappa shape index (κ3) is 5.29. The molecule has 1 saturated heterocycles. The second-order valence-corrected chi connectivity index (χ2v) is 7.86. The van der Waals surface area contributed by atoms with Gasteiger partial charge in [-0.3, -0.25) is 14.5 Å². The summed E-state index contributed by atoms with van der Waals surface area (Å²) >= 11 is 1.29. The van der Waals surface area contributed by atoms with E-state index in [9.17, 15) is 9.59 Å². The van der Waals surface area contributed by atoms with Gasteiger partial charge in [-0.1, -0.05) is 17.8 Å². The number of nitrogens with one attached hydrogen (secondary N) is 1. The fraction of sp³-hybridized carbons (Fsp3) is 0.318. The molecule has 1 atom stereocenters. The van der Waals surface area contributed by atoms with Crippen molar-refractivity contribution >= 4 is 34.4 Å². The molecule has 1 fully saturated rings. The Labute approximate surface area is 185 Å². The molecule has 0 aromatic heterocycles. The maximum absolute atomic E-state index is 13.1. The van der Waals surface area contributed by atoms with Crippen LogP contribution in [-0.4, -0.2) is 55.5 Å². The summed E-state index contributed by atoms with van der Waals surface area (Å²) in [6.07, 6.45) is 0.0874. The van der Waals surface area contributed by atoms with Crippen LogP contribution < -0.4 is 19.5 Å². The number of aliphatic imine (C=N–C) groups is 1. The molecule has 1 heterocycles. The number of rotatable bonds is 8. The van der Waals surface area contributed by atoms with Crippen LogP contribution in [0.25, 0.3) is 0 Å². The van der Waals surface area contributed by atoms with E-state index in [0.717, 1.165) is 11.3 Å². The van der Waals surface area contributed by atoms with E-state index in [4.69, 9.17) is 14.2 Å². The quantitative estimate of drug-likeness (QED) is 0.675. The first kappa shape index (κ1) is 22.5. The number of hydrogen-bond acceptors (Lipinski definition) is 7. The minimum Gasteiger partial charge on any atom is -0.497 e. The number of carbonyl (C=O) groups excluding carboxylic acids is 2. The van der Waals surface area contributed by atoms with Gasteiger partial charge in [-0.15, -0.1) is 0 Å². The molecule has 2 amide bonds. The van der Waals surface area contributed by atoms with E-state index < -0.39 is 5.25 Å². The average Bonchev–Trinajstić information content (AvgIpc) is 3.07. The molecular formula is C22H25N3O5S. The van der Waals surface area contributed by atoms with Crippen molar-refractivity contribution in [3.8, 4) is 17.2 Å². The van der Waals surface area contributed by atoms with E-state index >= 15 is 0 Å². The molecule has 0 aliphatic carbocycles. The van der Waals surface area contributed by atoms with Gasteiger partial charge < -0.3 is 19.5 Å². The lowest BCUT2D eigenvalue weighted by molar-refractivity contribution is -0.129. The molecule has 9 heteroatoms. The second-order valence-electron chi connectivity index (χ2n) is 6.69. The van der Waals surface area contributed by atoms with Gasteiger partial charge >= 0.3 is 0 Å². The van der Waals surface area contributed by atoms with Crippen molar-refractivity contribution in [1.29, 1.82) is 0 Å². The van der Waals surface area contributed by atoms with E-state index in [1.807, 2.05) is 36.4 Å². The highest BCUT2D eigenvalue weighted by Gasteiger charge is 2.39. The van der Waals surface area contributed by atoms with Crippen molar-refractivity contribution in [3.63, 3.8) is 0 Å². The van der Waals surface area contributed by atoms with Crippen LogP contribution in [0.15, 0.2) is 47.5 Å². The topological polar surface area (TPSA) is 89.5 Å². The first-order valence-corrected chi connectivity index (χ1v) is 10.5. The van der Waals surface area contributed by atoms with Crippen LogP contribution in [0.4, 0.5) is 5.69 Å². The molecule has 1 unspecified atom stereocenters. The zero-order chi connectivity index (χ0) is 22.4. The van der Waals surface area contributed by atoms with Gasteiger partial charge in [-0.05, 0) is 42.0 Å². The van der Waals surface area contributed by atoms with Crippen LogP contribution in [0.5, 0.6) is 17.2 Å². The summed E-state index contributed by atoms with van der Waals surface area (Å²) < 4.78 is 15.8. The first-order chi connectivity index (χ1) is 15.0. The molecule has 3 rings (SSSR count). The lowest BCUT2D eigenvalue weighted by Gasteiger charge is -2.18. The summed E-state index contributed by atoms with van der Waals surface area (Å²) in [5.74, 6) is 1.56. The number of nitrogens with zero attached hydrogens (tertiary/aromatic N) is 2. The highest BCUT2D eigenvalue weighted by molar-refractivity contribution is 8.15. The van der Waals surface area contributed by atoms with Crippen molar-refractivity contribution in [2.45, 2.75) is 18.2 Å². The van der Waals surface area contributed by atoms with Gasteiger partial charge in [0.15, 0.2) is 16.7 Å². The predicted octanol–water partition coefficient (Wildman–Crippen LogP) is 2.98. The highest BCUT2D eigenvalue weighted by Crippen LogP contribution is 2.34. The fourth-order valence-corrected chi connectivity index (χ4v) is 4.23. The molecule has 0 bridgehead atoms. The van der Waals surface area contributed by atoms with E-state index in [-0.39, 0.29) is 18.2 Å². The summed E-state index contributed by atoms with van der Waals surface area (Å²) in [4.78, 5) is 31.3. The number of ether oxygens (including phenoxy) is 3. The summed E-state index contributed by atoms with van der Waals surface area (Å²) in [6.45, 7) is 0.297.